The Morgan fingerprint density at radius 1 is 1.14 bits per heavy atom. The second-order valence-corrected chi connectivity index (χ2v) is 4.62. The van der Waals surface area contributed by atoms with Gasteiger partial charge in [0.15, 0.2) is 17.2 Å². The smallest absolute Gasteiger partial charge is 0.337 e. The van der Waals surface area contributed by atoms with Gasteiger partial charge < -0.3 is 14.2 Å². The molecule has 0 radical (unpaired) electrons. The van der Waals surface area contributed by atoms with Crippen molar-refractivity contribution in [2.75, 3.05) is 14.2 Å². The van der Waals surface area contributed by atoms with Crippen molar-refractivity contribution in [2.45, 2.75) is 13.8 Å². The molecule has 1 heterocycles. The summed E-state index contributed by atoms with van der Waals surface area (Å²) < 4.78 is 15.6. The van der Waals surface area contributed by atoms with Gasteiger partial charge in [0.2, 0.25) is 0 Å². The second kappa shape index (κ2) is 6.30. The lowest BCUT2D eigenvalue weighted by molar-refractivity contribution is 0.0600. The van der Waals surface area contributed by atoms with Crippen LogP contribution in [0, 0.1) is 13.8 Å². The number of carbonyl (C=O) groups is 1. The molecule has 0 aliphatic rings. The number of hydrogen-bond acceptors (Lipinski definition) is 6. The van der Waals surface area contributed by atoms with E-state index in [0.717, 1.165) is 0 Å². The number of hydrogen-bond donors (Lipinski definition) is 1. The van der Waals surface area contributed by atoms with Crippen LogP contribution in [-0.4, -0.2) is 30.4 Å². The first-order valence-electron chi connectivity index (χ1n) is 6.47. The summed E-state index contributed by atoms with van der Waals surface area (Å²) in [6.07, 6.45) is 0. The second-order valence-electron chi connectivity index (χ2n) is 4.62. The first-order valence-corrected chi connectivity index (χ1v) is 6.47. The number of benzene rings is 1. The van der Waals surface area contributed by atoms with E-state index in [0.29, 0.717) is 28.3 Å². The maximum absolute atomic E-state index is 11.8. The predicted molar refractivity (Wildman–Crippen MR) is 78.7 cm³/mol. The highest BCUT2D eigenvalue weighted by molar-refractivity contribution is 5.90. The number of H-pyrrole nitrogens is 1. The van der Waals surface area contributed by atoms with Crippen LogP contribution in [0.15, 0.2) is 23.0 Å². The molecular formula is C15H16N2O5. The predicted octanol–water partition coefficient (Wildman–Crippen LogP) is 1.97. The van der Waals surface area contributed by atoms with Crippen LogP contribution in [0.25, 0.3) is 0 Å². The van der Waals surface area contributed by atoms with Gasteiger partial charge in [0.1, 0.15) is 0 Å². The van der Waals surface area contributed by atoms with Crippen molar-refractivity contribution in [1.29, 1.82) is 0 Å². The molecule has 0 saturated carbocycles. The van der Waals surface area contributed by atoms with Crippen LogP contribution >= 0.6 is 0 Å². The normalized spacial score (nSPS) is 10.2. The highest BCUT2D eigenvalue weighted by Gasteiger charge is 2.17. The molecule has 0 aliphatic carbocycles. The van der Waals surface area contributed by atoms with Crippen molar-refractivity contribution in [3.63, 3.8) is 0 Å². The first kappa shape index (κ1) is 15.6. The molecule has 0 bridgehead atoms. The minimum atomic E-state index is -0.481. The topological polar surface area (TPSA) is 90.5 Å². The van der Waals surface area contributed by atoms with Gasteiger partial charge in [0, 0.05) is 6.07 Å². The Kier molecular flexibility index (Phi) is 4.45. The van der Waals surface area contributed by atoms with Crippen LogP contribution in [0.5, 0.6) is 17.2 Å². The van der Waals surface area contributed by atoms with Gasteiger partial charge in [-0.15, -0.1) is 0 Å². The van der Waals surface area contributed by atoms with Gasteiger partial charge in [0.25, 0.3) is 0 Å². The molecular weight excluding hydrogens is 288 g/mol. The summed E-state index contributed by atoms with van der Waals surface area (Å²) in [4.78, 5) is 23.4. The molecule has 0 spiro atoms. The summed E-state index contributed by atoms with van der Waals surface area (Å²) in [7, 11) is 2.75. The zero-order chi connectivity index (χ0) is 16.3. The summed E-state index contributed by atoms with van der Waals surface area (Å²) in [5, 5.41) is 6.12. The Hall–Kier alpha value is -2.83. The van der Waals surface area contributed by atoms with Crippen LogP contribution in [-0.2, 0) is 4.74 Å². The van der Waals surface area contributed by atoms with Gasteiger partial charge in [-0.2, -0.15) is 5.10 Å². The van der Waals surface area contributed by atoms with Gasteiger partial charge >= 0.3 is 11.5 Å². The molecule has 1 N–H and O–H groups in total. The number of methoxy groups -OCH3 is 2. The highest BCUT2D eigenvalue weighted by atomic mass is 16.5. The number of ether oxygens (including phenoxy) is 3. The van der Waals surface area contributed by atoms with E-state index in [1.807, 2.05) is 0 Å². The largest absolute Gasteiger partial charge is 0.493 e. The van der Waals surface area contributed by atoms with Gasteiger partial charge in [-0.3, -0.25) is 4.79 Å². The van der Waals surface area contributed by atoms with E-state index in [-0.39, 0.29) is 5.75 Å². The first-order chi connectivity index (χ1) is 10.5. The maximum Gasteiger partial charge on any atom is 0.337 e. The Morgan fingerprint density at radius 2 is 1.86 bits per heavy atom. The van der Waals surface area contributed by atoms with Gasteiger partial charge in [0.05, 0.1) is 25.5 Å². The molecule has 0 unspecified atom stereocenters. The third-order valence-corrected chi connectivity index (χ3v) is 2.99. The fraction of sp³-hybridized carbons (Fsp3) is 0.267. The average Bonchev–Trinajstić information content (AvgIpc) is 2.51. The third-order valence-electron chi connectivity index (χ3n) is 2.99. The maximum atomic E-state index is 11.8. The number of aryl methyl sites for hydroxylation is 2. The lowest BCUT2D eigenvalue weighted by atomic mass is 10.1. The molecule has 1 aromatic carbocycles. The van der Waals surface area contributed by atoms with Crippen LogP contribution in [0.4, 0.5) is 0 Å². The molecule has 1 aromatic heterocycles. The number of aromatic amines is 1. The molecule has 0 aliphatic heterocycles. The molecule has 22 heavy (non-hydrogen) atoms. The van der Waals surface area contributed by atoms with Crippen molar-refractivity contribution in [1.82, 2.24) is 10.2 Å². The molecule has 0 fully saturated rings. The number of rotatable bonds is 4. The van der Waals surface area contributed by atoms with E-state index in [4.69, 9.17) is 9.47 Å². The number of esters is 1. The van der Waals surface area contributed by atoms with Crippen LogP contribution in [0.3, 0.4) is 0 Å². The van der Waals surface area contributed by atoms with Crippen molar-refractivity contribution in [3.8, 4) is 17.2 Å². The van der Waals surface area contributed by atoms with Crippen LogP contribution < -0.4 is 15.0 Å². The summed E-state index contributed by atoms with van der Waals surface area (Å²) >= 11 is 0. The van der Waals surface area contributed by atoms with Gasteiger partial charge in [-0.05, 0) is 31.5 Å². The Balaban J connectivity index is 2.49. The lowest BCUT2D eigenvalue weighted by Crippen LogP contribution is -2.12. The monoisotopic (exact) mass is 304 g/mol. The van der Waals surface area contributed by atoms with Crippen molar-refractivity contribution in [3.05, 3.63) is 45.4 Å². The standard InChI is InChI=1S/C15H16N2O5/c1-8-5-10(15(19)21-4)7-11(20-3)13(8)22-12-6-9(2)16-17-14(12)18/h5-7H,1-4H3,(H,17,18). The number of aromatic nitrogens is 2. The lowest BCUT2D eigenvalue weighted by Gasteiger charge is -2.14. The molecule has 7 heteroatoms. The molecule has 0 amide bonds. The zero-order valence-electron chi connectivity index (χ0n) is 12.7. The summed E-state index contributed by atoms with van der Waals surface area (Å²) in [5.74, 6) is 0.297. The van der Waals surface area contributed by atoms with Gasteiger partial charge in [-0.25, -0.2) is 9.89 Å². The molecule has 116 valence electrons. The Morgan fingerprint density at radius 3 is 2.50 bits per heavy atom. The fourth-order valence-electron chi connectivity index (χ4n) is 1.93. The number of nitrogens with one attached hydrogen (secondary N) is 1. The zero-order valence-corrected chi connectivity index (χ0v) is 12.7. The SMILES string of the molecule is COC(=O)c1cc(C)c(Oc2cc(C)n[nH]c2=O)c(OC)c1. The van der Waals surface area contributed by atoms with Crippen LogP contribution in [0.2, 0.25) is 0 Å². The van der Waals surface area contributed by atoms with E-state index in [9.17, 15) is 9.59 Å². The van der Waals surface area contributed by atoms with Crippen molar-refractivity contribution >= 4 is 5.97 Å². The fourth-order valence-corrected chi connectivity index (χ4v) is 1.93. The minimum absolute atomic E-state index is 0.0970. The Labute approximate surface area is 126 Å². The van der Waals surface area contributed by atoms with Gasteiger partial charge in [-0.1, -0.05) is 0 Å². The van der Waals surface area contributed by atoms with Crippen LogP contribution in [0.1, 0.15) is 21.6 Å². The van der Waals surface area contributed by atoms with Crippen molar-refractivity contribution < 1.29 is 19.0 Å². The molecule has 0 atom stereocenters. The Bertz CT molecular complexity index is 767. The van der Waals surface area contributed by atoms with E-state index < -0.39 is 11.5 Å². The molecule has 2 rings (SSSR count). The number of carbonyl (C=O) groups excluding carboxylic acids is 1. The summed E-state index contributed by atoms with van der Waals surface area (Å²) in [6, 6.07) is 4.62. The summed E-state index contributed by atoms with van der Waals surface area (Å²) in [5.41, 5.74) is 1.12. The van der Waals surface area contributed by atoms with E-state index in [2.05, 4.69) is 14.9 Å². The average molecular weight is 304 g/mol. The minimum Gasteiger partial charge on any atom is -0.493 e. The van der Waals surface area contributed by atoms with E-state index >= 15 is 0 Å². The number of nitrogens with zero attached hydrogens (tertiary/aromatic N) is 1. The highest BCUT2D eigenvalue weighted by Crippen LogP contribution is 2.35. The summed E-state index contributed by atoms with van der Waals surface area (Å²) in [6.45, 7) is 3.47. The third kappa shape index (κ3) is 3.08. The van der Waals surface area contributed by atoms with E-state index in [1.54, 1.807) is 19.9 Å². The van der Waals surface area contributed by atoms with Crippen molar-refractivity contribution in [2.24, 2.45) is 0 Å². The molecule has 0 saturated heterocycles. The molecule has 7 nitrogen and oxygen atoms in total. The quantitative estimate of drug-likeness (QED) is 0.868. The van der Waals surface area contributed by atoms with E-state index in [1.165, 1.54) is 26.4 Å². The molecule has 2 aromatic rings.